The molecule has 1 saturated carbocycles. The number of nitrogens with two attached hydrogens (primary N) is 1. The zero-order valence-electron chi connectivity index (χ0n) is 15.3. The lowest BCUT2D eigenvalue weighted by molar-refractivity contribution is 0.152. The average Bonchev–Trinajstić information content (AvgIpc) is 3.29. The van der Waals surface area contributed by atoms with Crippen molar-refractivity contribution in [1.82, 2.24) is 9.55 Å². The van der Waals surface area contributed by atoms with Crippen LogP contribution in [0.2, 0.25) is 0 Å². The first-order valence-electron chi connectivity index (χ1n) is 9.09. The maximum Gasteiger partial charge on any atom is 0.329 e. The fraction of sp³-hybridized carbons (Fsp3) is 0.556. The van der Waals surface area contributed by atoms with Crippen molar-refractivity contribution in [2.75, 3.05) is 18.0 Å². The Balaban J connectivity index is 0.00000225. The molecule has 2 aromatic rings. The predicted octanol–water partition coefficient (Wildman–Crippen LogP) is 2.70. The molecule has 1 aromatic heterocycles. The van der Waals surface area contributed by atoms with Gasteiger partial charge in [-0.15, -0.1) is 12.4 Å². The molecule has 154 valence electrons. The molecule has 1 aromatic carbocycles. The summed E-state index contributed by atoms with van der Waals surface area (Å²) in [6.07, 6.45) is -1.04. The van der Waals surface area contributed by atoms with Crippen LogP contribution >= 0.6 is 12.4 Å². The Bertz CT molecular complexity index is 1020. The molecule has 1 unspecified atom stereocenters. The molecule has 6 nitrogen and oxygen atoms in total. The summed E-state index contributed by atoms with van der Waals surface area (Å²) in [5, 5.41) is -0.221. The summed E-state index contributed by atoms with van der Waals surface area (Å²) >= 11 is 0. The van der Waals surface area contributed by atoms with Crippen molar-refractivity contribution in [2.45, 2.75) is 44.7 Å². The van der Waals surface area contributed by atoms with Gasteiger partial charge in [0.1, 0.15) is 5.82 Å². The number of rotatable bonds is 4. The summed E-state index contributed by atoms with van der Waals surface area (Å²) in [6.45, 7) is 2.59. The number of nitrogens with zero attached hydrogens (tertiary/aromatic N) is 2. The molecule has 1 aliphatic heterocycles. The van der Waals surface area contributed by atoms with E-state index < -0.39 is 29.1 Å². The first-order valence-corrected chi connectivity index (χ1v) is 9.09. The molecule has 28 heavy (non-hydrogen) atoms. The van der Waals surface area contributed by atoms with E-state index in [1.165, 1.54) is 4.57 Å². The van der Waals surface area contributed by atoms with E-state index in [2.05, 4.69) is 4.98 Å². The third-order valence-corrected chi connectivity index (χ3v) is 5.60. The number of anilines is 1. The van der Waals surface area contributed by atoms with Crippen LogP contribution in [0.5, 0.6) is 0 Å². The van der Waals surface area contributed by atoms with E-state index in [-0.39, 0.29) is 47.0 Å². The van der Waals surface area contributed by atoms with Crippen molar-refractivity contribution < 1.29 is 13.2 Å². The second-order valence-electron chi connectivity index (χ2n) is 7.53. The highest BCUT2D eigenvalue weighted by Crippen LogP contribution is 2.43. The molecular weight excluding hydrogens is 397 g/mol. The summed E-state index contributed by atoms with van der Waals surface area (Å²) < 4.78 is 44.4. The van der Waals surface area contributed by atoms with Crippen LogP contribution in [-0.4, -0.2) is 28.7 Å². The van der Waals surface area contributed by atoms with Crippen molar-refractivity contribution >= 4 is 29.0 Å². The normalized spacial score (nSPS) is 20.6. The number of hydrogen-bond acceptors (Lipinski definition) is 4. The lowest BCUT2D eigenvalue weighted by Crippen LogP contribution is -2.33. The van der Waals surface area contributed by atoms with Gasteiger partial charge < -0.3 is 10.6 Å². The molecule has 1 aliphatic carbocycles. The van der Waals surface area contributed by atoms with Crippen molar-refractivity contribution in [3.05, 3.63) is 38.3 Å². The van der Waals surface area contributed by atoms with Gasteiger partial charge in [0.05, 0.1) is 22.2 Å². The Hall–Kier alpha value is -2.00. The molecule has 0 radical (unpaired) electrons. The minimum atomic E-state index is -3.03. The van der Waals surface area contributed by atoms with Crippen LogP contribution in [0.25, 0.3) is 10.9 Å². The van der Waals surface area contributed by atoms with Crippen molar-refractivity contribution in [2.24, 2.45) is 11.7 Å². The van der Waals surface area contributed by atoms with Crippen LogP contribution in [0.15, 0.2) is 15.7 Å². The summed E-state index contributed by atoms with van der Waals surface area (Å²) in [6, 6.07) is 0.580. The van der Waals surface area contributed by atoms with Crippen LogP contribution in [0.1, 0.15) is 44.2 Å². The first-order chi connectivity index (χ1) is 12.8. The predicted molar refractivity (Wildman–Crippen MR) is 103 cm³/mol. The van der Waals surface area contributed by atoms with Crippen LogP contribution in [0, 0.1) is 11.7 Å². The highest BCUT2D eigenvalue weighted by molar-refractivity contribution is 5.88. The van der Waals surface area contributed by atoms with Crippen molar-refractivity contribution in [1.29, 1.82) is 0 Å². The molecule has 10 heteroatoms. The zero-order valence-corrected chi connectivity index (χ0v) is 16.1. The fourth-order valence-electron chi connectivity index (χ4n) is 4.04. The van der Waals surface area contributed by atoms with Crippen LogP contribution in [0.3, 0.4) is 0 Å². The van der Waals surface area contributed by atoms with Crippen molar-refractivity contribution in [3.8, 4) is 0 Å². The molecule has 2 fully saturated rings. The summed E-state index contributed by atoms with van der Waals surface area (Å²) in [5.41, 5.74) is 3.38. The second-order valence-corrected chi connectivity index (χ2v) is 7.53. The maximum absolute atomic E-state index is 14.9. The van der Waals surface area contributed by atoms with Gasteiger partial charge in [0, 0.05) is 25.2 Å². The average molecular weight is 419 g/mol. The number of nitrogens with one attached hydrogen (secondary N) is 1. The molecule has 3 N–H and O–H groups in total. The van der Waals surface area contributed by atoms with E-state index in [4.69, 9.17) is 5.73 Å². The number of aromatic amines is 1. The third kappa shape index (κ3) is 3.30. The monoisotopic (exact) mass is 418 g/mol. The summed E-state index contributed by atoms with van der Waals surface area (Å²) in [7, 11) is 0. The minimum absolute atomic E-state index is 0. The van der Waals surface area contributed by atoms with E-state index in [1.807, 2.05) is 6.92 Å². The molecule has 2 heterocycles. The number of hydrogen-bond donors (Lipinski definition) is 2. The van der Waals surface area contributed by atoms with Gasteiger partial charge in [-0.05, 0) is 38.2 Å². The lowest BCUT2D eigenvalue weighted by Gasteiger charge is -2.25. The molecule has 4 rings (SSSR count). The van der Waals surface area contributed by atoms with E-state index in [1.54, 1.807) is 4.90 Å². The molecular formula is C18H22ClF3N4O2. The quantitative estimate of drug-likeness (QED) is 0.799. The zero-order chi connectivity index (χ0) is 19.5. The highest BCUT2D eigenvalue weighted by atomic mass is 35.5. The fourth-order valence-corrected chi connectivity index (χ4v) is 4.04. The van der Waals surface area contributed by atoms with E-state index in [0.29, 0.717) is 32.4 Å². The standard InChI is InChI=1S/C18H21F3N4O2.ClH/c1-8(22)9-4-5-24(7-9)15-12(19)6-11-14(13(15)16(20)21)25(10-2-3-10)18(27)23-17(11)26;/h6,8-10,16H,2-5,7,22H2,1H3,(H,23,26,27);1H/t8-,9?;/m0./s1. The molecule has 2 atom stereocenters. The van der Waals surface area contributed by atoms with Crippen LogP contribution in [0.4, 0.5) is 18.9 Å². The van der Waals surface area contributed by atoms with Gasteiger partial charge in [0.25, 0.3) is 12.0 Å². The molecule has 0 bridgehead atoms. The number of aromatic nitrogens is 2. The molecule has 0 spiro atoms. The molecule has 0 amide bonds. The van der Waals surface area contributed by atoms with E-state index in [9.17, 15) is 22.8 Å². The highest BCUT2D eigenvalue weighted by Gasteiger charge is 2.35. The van der Waals surface area contributed by atoms with Gasteiger partial charge in [-0.2, -0.15) is 0 Å². The number of fused-ring (bicyclic) bond motifs is 1. The van der Waals surface area contributed by atoms with Gasteiger partial charge in [-0.25, -0.2) is 18.0 Å². The van der Waals surface area contributed by atoms with Crippen molar-refractivity contribution in [3.63, 3.8) is 0 Å². The Kier molecular flexibility index (Phi) is 5.51. The summed E-state index contributed by atoms with van der Waals surface area (Å²) in [5.74, 6) is -0.815. The Labute approximate surface area is 164 Å². The summed E-state index contributed by atoms with van der Waals surface area (Å²) in [4.78, 5) is 28.2. The third-order valence-electron chi connectivity index (χ3n) is 5.60. The molecule has 2 aliphatic rings. The van der Waals surface area contributed by atoms with Gasteiger partial charge >= 0.3 is 5.69 Å². The van der Waals surface area contributed by atoms with Gasteiger partial charge in [0.2, 0.25) is 0 Å². The SMILES string of the molecule is C[C@H](N)C1CCN(c2c(F)cc3c(=O)[nH]c(=O)n(C4CC4)c3c2C(F)F)C1.Cl. The Morgan fingerprint density at radius 1 is 1.25 bits per heavy atom. The smallest absolute Gasteiger partial charge is 0.329 e. The van der Waals surface area contributed by atoms with Crippen LogP contribution in [-0.2, 0) is 0 Å². The van der Waals surface area contributed by atoms with E-state index in [0.717, 1.165) is 6.07 Å². The van der Waals surface area contributed by atoms with E-state index >= 15 is 0 Å². The number of H-pyrrole nitrogens is 1. The minimum Gasteiger partial charge on any atom is -0.368 e. The lowest BCUT2D eigenvalue weighted by atomic mass is 10.0. The Morgan fingerprint density at radius 3 is 2.46 bits per heavy atom. The van der Waals surface area contributed by atoms with Gasteiger partial charge in [-0.3, -0.25) is 14.3 Å². The Morgan fingerprint density at radius 2 is 1.93 bits per heavy atom. The number of halogens is 4. The second kappa shape index (κ2) is 7.44. The number of alkyl halides is 2. The van der Waals surface area contributed by atoms with Crippen LogP contribution < -0.4 is 21.9 Å². The molecule has 1 saturated heterocycles. The number of benzene rings is 1. The topological polar surface area (TPSA) is 84.1 Å². The largest absolute Gasteiger partial charge is 0.368 e. The maximum atomic E-state index is 14.9. The first kappa shape index (κ1) is 20.7. The van der Waals surface area contributed by atoms with Gasteiger partial charge in [0.15, 0.2) is 0 Å². The van der Waals surface area contributed by atoms with Gasteiger partial charge in [-0.1, -0.05) is 0 Å².